The van der Waals surface area contributed by atoms with Gasteiger partial charge in [0.25, 0.3) is 0 Å². The van der Waals surface area contributed by atoms with Gasteiger partial charge in [0, 0.05) is 16.2 Å². The monoisotopic (exact) mass is 285 g/mol. The van der Waals surface area contributed by atoms with Crippen molar-refractivity contribution in [1.82, 2.24) is 0 Å². The summed E-state index contributed by atoms with van der Waals surface area (Å²) in [6.07, 6.45) is 0. The molecule has 88 valence electrons. The number of carbonyl (C=O) groups is 1. The van der Waals surface area contributed by atoms with Gasteiger partial charge in [0.15, 0.2) is 0 Å². The third kappa shape index (κ3) is 3.23. The van der Waals surface area contributed by atoms with Gasteiger partial charge in [-0.2, -0.15) is 0 Å². The highest BCUT2D eigenvalue weighted by Gasteiger charge is 2.18. The quantitative estimate of drug-likeness (QED) is 0.893. The van der Waals surface area contributed by atoms with E-state index in [0.29, 0.717) is 0 Å². The lowest BCUT2D eigenvalue weighted by Crippen LogP contribution is -2.29. The number of nitrogens with one attached hydrogen (secondary N) is 1. The molecule has 0 heterocycles. The molecule has 0 radical (unpaired) electrons. The van der Waals surface area contributed by atoms with Crippen molar-refractivity contribution in [1.29, 1.82) is 0 Å². The Morgan fingerprint density at radius 1 is 1.44 bits per heavy atom. The molecule has 0 aliphatic heterocycles. The van der Waals surface area contributed by atoms with Crippen molar-refractivity contribution in [2.24, 2.45) is 5.92 Å². The first kappa shape index (κ1) is 13.0. The molecule has 0 bridgehead atoms. The van der Waals surface area contributed by atoms with Crippen molar-refractivity contribution >= 4 is 27.6 Å². The third-order valence-corrected chi connectivity index (χ3v) is 3.58. The summed E-state index contributed by atoms with van der Waals surface area (Å²) in [5.41, 5.74) is 2.07. The Bertz CT molecular complexity index is 393. The van der Waals surface area contributed by atoms with Gasteiger partial charge < -0.3 is 10.4 Å². The lowest BCUT2D eigenvalue weighted by molar-refractivity contribution is -0.141. The Kier molecular flexibility index (Phi) is 4.35. The molecular formula is C12H16BrNO2. The fourth-order valence-electron chi connectivity index (χ4n) is 1.34. The van der Waals surface area contributed by atoms with Crippen molar-refractivity contribution in [2.75, 3.05) is 5.32 Å². The van der Waals surface area contributed by atoms with Gasteiger partial charge >= 0.3 is 5.97 Å². The molecule has 1 aromatic rings. The normalized spacial score (nSPS) is 14.2. The molecule has 16 heavy (non-hydrogen) atoms. The number of aliphatic carboxylic acids is 1. The van der Waals surface area contributed by atoms with E-state index < -0.39 is 11.9 Å². The van der Waals surface area contributed by atoms with Crippen LogP contribution in [-0.2, 0) is 4.79 Å². The predicted molar refractivity (Wildman–Crippen MR) is 68.8 cm³/mol. The van der Waals surface area contributed by atoms with Gasteiger partial charge in [-0.3, -0.25) is 4.79 Å². The molecule has 0 aromatic heterocycles. The fourth-order valence-corrected chi connectivity index (χ4v) is 1.58. The van der Waals surface area contributed by atoms with E-state index in [1.807, 2.05) is 32.0 Å². The van der Waals surface area contributed by atoms with Gasteiger partial charge in [0.05, 0.1) is 5.92 Å². The molecule has 0 saturated carbocycles. The van der Waals surface area contributed by atoms with Gasteiger partial charge in [-0.05, 0) is 44.5 Å². The van der Waals surface area contributed by atoms with E-state index in [9.17, 15) is 4.79 Å². The molecule has 0 aliphatic rings. The van der Waals surface area contributed by atoms with Crippen LogP contribution in [0.5, 0.6) is 0 Å². The predicted octanol–water partition coefficient (Wildman–Crippen LogP) is 3.28. The Balaban J connectivity index is 2.73. The second-order valence-corrected chi connectivity index (χ2v) is 4.88. The van der Waals surface area contributed by atoms with E-state index in [0.717, 1.165) is 15.7 Å². The summed E-state index contributed by atoms with van der Waals surface area (Å²) in [7, 11) is 0. The lowest BCUT2D eigenvalue weighted by Gasteiger charge is -2.19. The zero-order chi connectivity index (χ0) is 12.3. The topological polar surface area (TPSA) is 49.3 Å². The number of rotatable bonds is 4. The minimum Gasteiger partial charge on any atom is -0.481 e. The largest absolute Gasteiger partial charge is 0.481 e. The van der Waals surface area contributed by atoms with Crippen LogP contribution >= 0.6 is 15.9 Å². The van der Waals surface area contributed by atoms with Crippen LogP contribution < -0.4 is 5.32 Å². The van der Waals surface area contributed by atoms with Crippen LogP contribution in [0.25, 0.3) is 0 Å². The molecule has 2 unspecified atom stereocenters. The summed E-state index contributed by atoms with van der Waals surface area (Å²) in [4.78, 5) is 10.8. The van der Waals surface area contributed by atoms with Gasteiger partial charge in [0.1, 0.15) is 0 Å². The maximum atomic E-state index is 10.8. The summed E-state index contributed by atoms with van der Waals surface area (Å²) >= 11 is 3.43. The number of aryl methyl sites for hydroxylation is 1. The van der Waals surface area contributed by atoms with Crippen molar-refractivity contribution in [3.8, 4) is 0 Å². The van der Waals surface area contributed by atoms with Crippen LogP contribution in [0.4, 0.5) is 5.69 Å². The Morgan fingerprint density at radius 3 is 2.56 bits per heavy atom. The first-order valence-electron chi connectivity index (χ1n) is 5.17. The third-order valence-electron chi connectivity index (χ3n) is 2.69. The highest BCUT2D eigenvalue weighted by atomic mass is 79.9. The summed E-state index contributed by atoms with van der Waals surface area (Å²) in [6.45, 7) is 5.57. The fraction of sp³-hybridized carbons (Fsp3) is 0.417. The number of benzene rings is 1. The molecule has 0 saturated heterocycles. The zero-order valence-electron chi connectivity index (χ0n) is 9.62. The van der Waals surface area contributed by atoms with Gasteiger partial charge in [0.2, 0.25) is 0 Å². The minimum absolute atomic E-state index is 0.0990. The molecule has 4 heteroatoms. The molecular weight excluding hydrogens is 270 g/mol. The molecule has 0 aliphatic carbocycles. The van der Waals surface area contributed by atoms with Crippen molar-refractivity contribution < 1.29 is 9.90 Å². The van der Waals surface area contributed by atoms with E-state index in [2.05, 4.69) is 21.2 Å². The van der Waals surface area contributed by atoms with Gasteiger partial charge in [-0.15, -0.1) is 0 Å². The molecule has 0 spiro atoms. The van der Waals surface area contributed by atoms with Crippen LogP contribution in [0.15, 0.2) is 22.7 Å². The van der Waals surface area contributed by atoms with Gasteiger partial charge in [-0.1, -0.05) is 15.9 Å². The minimum atomic E-state index is -0.783. The number of carboxylic acids is 1. The smallest absolute Gasteiger partial charge is 0.308 e. The summed E-state index contributed by atoms with van der Waals surface area (Å²) in [5.74, 6) is -1.20. The van der Waals surface area contributed by atoms with Crippen molar-refractivity contribution in [2.45, 2.75) is 26.8 Å². The van der Waals surface area contributed by atoms with E-state index in [1.54, 1.807) is 6.92 Å². The highest BCUT2D eigenvalue weighted by molar-refractivity contribution is 9.10. The molecule has 2 N–H and O–H groups in total. The van der Waals surface area contributed by atoms with Crippen LogP contribution in [0.3, 0.4) is 0 Å². The first-order valence-corrected chi connectivity index (χ1v) is 5.96. The molecule has 1 rings (SSSR count). The van der Waals surface area contributed by atoms with Crippen LogP contribution in [-0.4, -0.2) is 17.1 Å². The van der Waals surface area contributed by atoms with Crippen molar-refractivity contribution in [3.05, 3.63) is 28.2 Å². The summed E-state index contributed by atoms with van der Waals surface area (Å²) in [6, 6.07) is 5.78. The Morgan fingerprint density at radius 2 is 2.06 bits per heavy atom. The second kappa shape index (κ2) is 5.34. The van der Waals surface area contributed by atoms with E-state index >= 15 is 0 Å². The van der Waals surface area contributed by atoms with Gasteiger partial charge in [-0.25, -0.2) is 0 Å². The molecule has 1 aromatic carbocycles. The summed E-state index contributed by atoms with van der Waals surface area (Å²) in [5, 5.41) is 12.1. The Hall–Kier alpha value is -1.03. The van der Waals surface area contributed by atoms with Crippen molar-refractivity contribution in [3.63, 3.8) is 0 Å². The standard InChI is InChI=1S/C12H16BrNO2/c1-7-6-10(4-5-11(7)13)14-9(3)8(2)12(15)16/h4-6,8-9,14H,1-3H3,(H,15,16). The highest BCUT2D eigenvalue weighted by Crippen LogP contribution is 2.21. The Labute approximate surface area is 104 Å². The lowest BCUT2D eigenvalue weighted by atomic mass is 10.0. The SMILES string of the molecule is Cc1cc(NC(C)C(C)C(=O)O)ccc1Br. The number of halogens is 1. The maximum Gasteiger partial charge on any atom is 0.308 e. The molecule has 3 nitrogen and oxygen atoms in total. The van der Waals surface area contributed by atoms with E-state index in [-0.39, 0.29) is 6.04 Å². The first-order chi connectivity index (χ1) is 7.41. The number of anilines is 1. The molecule has 2 atom stereocenters. The van der Waals surface area contributed by atoms with E-state index in [1.165, 1.54) is 0 Å². The second-order valence-electron chi connectivity index (χ2n) is 4.02. The van der Waals surface area contributed by atoms with Crippen LogP contribution in [0, 0.1) is 12.8 Å². The molecule has 0 fully saturated rings. The average molecular weight is 286 g/mol. The van der Waals surface area contributed by atoms with E-state index in [4.69, 9.17) is 5.11 Å². The number of carboxylic acid groups (broad SMARTS) is 1. The number of hydrogen-bond acceptors (Lipinski definition) is 2. The average Bonchev–Trinajstić information content (AvgIpc) is 2.22. The summed E-state index contributed by atoms with van der Waals surface area (Å²) < 4.78 is 1.05. The number of hydrogen-bond donors (Lipinski definition) is 2. The van der Waals surface area contributed by atoms with Crippen LogP contribution in [0.1, 0.15) is 19.4 Å². The maximum absolute atomic E-state index is 10.8. The van der Waals surface area contributed by atoms with Crippen LogP contribution in [0.2, 0.25) is 0 Å². The molecule has 0 amide bonds. The zero-order valence-corrected chi connectivity index (χ0v) is 11.2.